The minimum absolute atomic E-state index is 0.0418. The van der Waals surface area contributed by atoms with E-state index in [-0.39, 0.29) is 30.6 Å². The molecule has 7 heteroatoms. The number of hydrogen-bond donors (Lipinski definition) is 2. The van der Waals surface area contributed by atoms with Gasteiger partial charge in [0.15, 0.2) is 0 Å². The Bertz CT molecular complexity index is 456. The van der Waals surface area contributed by atoms with E-state index in [0.29, 0.717) is 0 Å². The van der Waals surface area contributed by atoms with Gasteiger partial charge >= 0.3 is 18.0 Å². The summed E-state index contributed by atoms with van der Waals surface area (Å²) in [5.41, 5.74) is 0. The third-order valence-corrected chi connectivity index (χ3v) is 4.02. The normalized spacial score (nSPS) is 16.7. The molecule has 24 heavy (non-hydrogen) atoms. The topological polar surface area (TPSA) is 93.7 Å². The standard InChI is InChI=1S/C17H28N2O5/c1-12(2)14(11-24-16(21)10-9-15(20)23-3)19-17(22)18-13-7-5-4-6-8-13/h9-10,12-14H,4-8,11H2,1-3H3,(H2,18,19,22)/b10-9+/t14-/m0/s1. The number of urea groups is 1. The van der Waals surface area contributed by atoms with Crippen molar-refractivity contribution in [3.8, 4) is 0 Å². The van der Waals surface area contributed by atoms with E-state index >= 15 is 0 Å². The minimum atomic E-state index is -0.652. The first-order valence-corrected chi connectivity index (χ1v) is 8.42. The fraction of sp³-hybridized carbons (Fsp3) is 0.706. The number of carbonyl (C=O) groups excluding carboxylic acids is 3. The number of methoxy groups -OCH3 is 1. The average molecular weight is 340 g/mol. The van der Waals surface area contributed by atoms with Crippen molar-refractivity contribution in [2.24, 2.45) is 5.92 Å². The smallest absolute Gasteiger partial charge is 0.331 e. The van der Waals surface area contributed by atoms with Gasteiger partial charge in [-0.1, -0.05) is 33.1 Å². The number of esters is 2. The van der Waals surface area contributed by atoms with Gasteiger partial charge < -0.3 is 20.1 Å². The summed E-state index contributed by atoms with van der Waals surface area (Å²) < 4.78 is 9.47. The number of nitrogens with one attached hydrogen (secondary N) is 2. The van der Waals surface area contributed by atoms with Gasteiger partial charge in [-0.15, -0.1) is 0 Å². The van der Waals surface area contributed by atoms with E-state index in [1.54, 1.807) is 0 Å². The number of rotatable bonds is 7. The number of amides is 2. The van der Waals surface area contributed by atoms with Gasteiger partial charge in [-0.05, 0) is 18.8 Å². The van der Waals surface area contributed by atoms with Gasteiger partial charge in [0.05, 0.1) is 13.2 Å². The summed E-state index contributed by atoms with van der Waals surface area (Å²) in [5, 5.41) is 5.83. The van der Waals surface area contributed by atoms with E-state index in [1.807, 2.05) is 13.8 Å². The molecule has 0 spiro atoms. The highest BCUT2D eigenvalue weighted by atomic mass is 16.5. The zero-order valence-corrected chi connectivity index (χ0v) is 14.7. The van der Waals surface area contributed by atoms with Crippen molar-refractivity contribution in [2.75, 3.05) is 13.7 Å². The molecular formula is C17H28N2O5. The molecule has 1 aliphatic rings. The average Bonchev–Trinajstić information content (AvgIpc) is 2.56. The van der Waals surface area contributed by atoms with Gasteiger partial charge in [0, 0.05) is 18.2 Å². The van der Waals surface area contributed by atoms with Crippen LogP contribution >= 0.6 is 0 Å². The Balaban J connectivity index is 2.40. The summed E-state index contributed by atoms with van der Waals surface area (Å²) in [6.45, 7) is 3.91. The summed E-state index contributed by atoms with van der Waals surface area (Å²) in [7, 11) is 1.22. The Morgan fingerprint density at radius 2 is 1.71 bits per heavy atom. The lowest BCUT2D eigenvalue weighted by Gasteiger charge is -2.26. The first-order chi connectivity index (χ1) is 11.4. The van der Waals surface area contributed by atoms with Crippen LogP contribution in [0.4, 0.5) is 4.79 Å². The molecule has 0 aromatic rings. The first-order valence-electron chi connectivity index (χ1n) is 8.42. The van der Waals surface area contributed by atoms with Crippen molar-refractivity contribution in [1.82, 2.24) is 10.6 Å². The van der Waals surface area contributed by atoms with Gasteiger partial charge in [0.1, 0.15) is 6.61 Å². The monoisotopic (exact) mass is 340 g/mol. The molecule has 1 atom stereocenters. The fourth-order valence-electron chi connectivity index (χ4n) is 2.47. The Morgan fingerprint density at radius 1 is 1.08 bits per heavy atom. The lowest BCUT2D eigenvalue weighted by atomic mass is 9.96. The van der Waals surface area contributed by atoms with Crippen molar-refractivity contribution < 1.29 is 23.9 Å². The maximum atomic E-state index is 12.1. The Morgan fingerprint density at radius 3 is 2.29 bits per heavy atom. The van der Waals surface area contributed by atoms with Crippen molar-refractivity contribution in [3.63, 3.8) is 0 Å². The molecule has 1 fully saturated rings. The summed E-state index contributed by atoms with van der Waals surface area (Å²) in [5.74, 6) is -1.18. The van der Waals surface area contributed by atoms with Crippen LogP contribution in [0.1, 0.15) is 46.0 Å². The highest BCUT2D eigenvalue weighted by molar-refractivity contribution is 5.91. The predicted molar refractivity (Wildman–Crippen MR) is 89.3 cm³/mol. The summed E-state index contributed by atoms with van der Waals surface area (Å²) in [4.78, 5) is 34.5. The summed E-state index contributed by atoms with van der Waals surface area (Å²) >= 11 is 0. The Kier molecular flexibility index (Phi) is 8.89. The number of hydrogen-bond acceptors (Lipinski definition) is 5. The molecule has 0 saturated heterocycles. The zero-order valence-electron chi connectivity index (χ0n) is 14.7. The van der Waals surface area contributed by atoms with Crippen molar-refractivity contribution in [1.29, 1.82) is 0 Å². The molecule has 0 radical (unpaired) electrons. The zero-order chi connectivity index (χ0) is 17.9. The molecule has 1 rings (SSSR count). The van der Waals surface area contributed by atoms with Gasteiger partial charge in [0.2, 0.25) is 0 Å². The van der Waals surface area contributed by atoms with Crippen LogP contribution in [0.2, 0.25) is 0 Å². The van der Waals surface area contributed by atoms with Crippen LogP contribution in [0.3, 0.4) is 0 Å². The van der Waals surface area contributed by atoms with Crippen LogP contribution < -0.4 is 10.6 Å². The molecule has 0 aromatic carbocycles. The highest BCUT2D eigenvalue weighted by Crippen LogP contribution is 2.17. The van der Waals surface area contributed by atoms with E-state index in [9.17, 15) is 14.4 Å². The lowest BCUT2D eigenvalue weighted by molar-refractivity contribution is -0.140. The Labute approximate surface area is 143 Å². The lowest BCUT2D eigenvalue weighted by Crippen LogP contribution is -2.50. The summed E-state index contributed by atoms with van der Waals surface area (Å²) in [6, 6.07) is -0.317. The van der Waals surface area contributed by atoms with Gasteiger partial charge in [-0.2, -0.15) is 0 Å². The number of carbonyl (C=O) groups is 3. The van der Waals surface area contributed by atoms with Crippen LogP contribution in [0.25, 0.3) is 0 Å². The molecule has 0 aliphatic heterocycles. The Hall–Kier alpha value is -2.05. The molecule has 0 unspecified atom stereocenters. The summed E-state index contributed by atoms with van der Waals surface area (Å²) in [6.07, 6.45) is 7.52. The second kappa shape index (κ2) is 10.7. The van der Waals surface area contributed by atoms with Crippen molar-refractivity contribution >= 4 is 18.0 Å². The number of ether oxygens (including phenoxy) is 2. The van der Waals surface area contributed by atoms with Crippen LogP contribution in [-0.2, 0) is 19.1 Å². The SMILES string of the molecule is COC(=O)/C=C/C(=O)OC[C@H](NC(=O)NC1CCCCC1)C(C)C. The molecule has 0 heterocycles. The van der Waals surface area contributed by atoms with Gasteiger partial charge in [-0.3, -0.25) is 0 Å². The molecule has 0 bridgehead atoms. The van der Waals surface area contributed by atoms with Crippen LogP contribution in [-0.4, -0.2) is 43.8 Å². The maximum absolute atomic E-state index is 12.1. The molecular weight excluding hydrogens is 312 g/mol. The molecule has 7 nitrogen and oxygen atoms in total. The third kappa shape index (κ3) is 7.99. The first kappa shape index (κ1) is 20.0. The molecule has 2 N–H and O–H groups in total. The molecule has 2 amide bonds. The van der Waals surface area contributed by atoms with E-state index in [4.69, 9.17) is 4.74 Å². The second-order valence-corrected chi connectivity index (χ2v) is 6.29. The van der Waals surface area contributed by atoms with Crippen LogP contribution in [0.5, 0.6) is 0 Å². The predicted octanol–water partition coefficient (Wildman–Crippen LogP) is 1.92. The van der Waals surface area contributed by atoms with E-state index < -0.39 is 11.9 Å². The van der Waals surface area contributed by atoms with E-state index in [1.165, 1.54) is 13.5 Å². The maximum Gasteiger partial charge on any atom is 0.331 e. The van der Waals surface area contributed by atoms with Crippen molar-refractivity contribution in [3.05, 3.63) is 12.2 Å². The quantitative estimate of drug-likeness (QED) is 0.545. The second-order valence-electron chi connectivity index (χ2n) is 6.29. The van der Waals surface area contributed by atoms with E-state index in [0.717, 1.165) is 37.8 Å². The van der Waals surface area contributed by atoms with Crippen LogP contribution in [0, 0.1) is 5.92 Å². The van der Waals surface area contributed by atoms with Crippen LogP contribution in [0.15, 0.2) is 12.2 Å². The van der Waals surface area contributed by atoms with Crippen molar-refractivity contribution in [2.45, 2.75) is 58.0 Å². The fourth-order valence-corrected chi connectivity index (χ4v) is 2.47. The minimum Gasteiger partial charge on any atom is -0.466 e. The molecule has 136 valence electrons. The van der Waals surface area contributed by atoms with E-state index in [2.05, 4.69) is 15.4 Å². The molecule has 1 aliphatic carbocycles. The largest absolute Gasteiger partial charge is 0.466 e. The molecule has 1 saturated carbocycles. The third-order valence-electron chi connectivity index (χ3n) is 4.02. The molecule has 0 aromatic heterocycles. The van der Waals surface area contributed by atoms with Gasteiger partial charge in [-0.25, -0.2) is 14.4 Å². The highest BCUT2D eigenvalue weighted by Gasteiger charge is 2.21. The van der Waals surface area contributed by atoms with Gasteiger partial charge in [0.25, 0.3) is 0 Å².